The molecule has 0 spiro atoms. The monoisotopic (exact) mass is 196 g/mol. The Bertz CT molecular complexity index is 343. The highest BCUT2D eigenvalue weighted by molar-refractivity contribution is 5.67. The van der Waals surface area contributed by atoms with Gasteiger partial charge >= 0.3 is 0 Å². The van der Waals surface area contributed by atoms with Crippen molar-refractivity contribution in [3.8, 4) is 0 Å². The quantitative estimate of drug-likeness (QED) is 0.658. The molecule has 1 unspecified atom stereocenters. The van der Waals surface area contributed by atoms with E-state index in [0.29, 0.717) is 12.2 Å². The number of nitrogen functional groups attached to an aromatic ring is 1. The molecule has 0 aromatic heterocycles. The van der Waals surface area contributed by atoms with Gasteiger partial charge in [-0.15, -0.1) is 0 Å². The summed E-state index contributed by atoms with van der Waals surface area (Å²) < 4.78 is 12.8. The molecule has 0 saturated carbocycles. The van der Waals surface area contributed by atoms with Gasteiger partial charge in [0.1, 0.15) is 5.82 Å². The number of nitrogens with zero attached hydrogens (tertiary/aromatic N) is 1. The van der Waals surface area contributed by atoms with Crippen LogP contribution in [0.15, 0.2) is 18.2 Å². The molecule has 1 heterocycles. The summed E-state index contributed by atoms with van der Waals surface area (Å²) in [6.45, 7) is 1.35. The highest BCUT2D eigenvalue weighted by atomic mass is 19.1. The fourth-order valence-corrected chi connectivity index (χ4v) is 1.77. The number of benzene rings is 1. The molecule has 1 aromatic carbocycles. The van der Waals surface area contributed by atoms with Gasteiger partial charge in [0, 0.05) is 13.1 Å². The molecule has 1 aliphatic rings. The molecule has 3 nitrogen and oxygen atoms in total. The summed E-state index contributed by atoms with van der Waals surface area (Å²) in [4.78, 5) is 1.97. The van der Waals surface area contributed by atoms with Crippen LogP contribution in [0.2, 0.25) is 0 Å². The van der Waals surface area contributed by atoms with E-state index in [1.54, 1.807) is 6.07 Å². The van der Waals surface area contributed by atoms with Crippen LogP contribution >= 0.6 is 0 Å². The molecular weight excluding hydrogens is 183 g/mol. The summed E-state index contributed by atoms with van der Waals surface area (Å²) in [6.07, 6.45) is 0.455. The summed E-state index contributed by atoms with van der Waals surface area (Å²) in [6, 6.07) is 4.35. The Balaban J connectivity index is 2.24. The van der Waals surface area contributed by atoms with Crippen LogP contribution < -0.4 is 10.6 Å². The van der Waals surface area contributed by atoms with Gasteiger partial charge in [0.25, 0.3) is 0 Å². The SMILES string of the molecule is Nc1cc(F)ccc1N1CCC(O)C1. The number of hydrogen-bond donors (Lipinski definition) is 2. The van der Waals surface area contributed by atoms with Crippen molar-refractivity contribution in [1.82, 2.24) is 0 Å². The van der Waals surface area contributed by atoms with Gasteiger partial charge < -0.3 is 15.7 Å². The van der Waals surface area contributed by atoms with Crippen LogP contribution in [0.3, 0.4) is 0 Å². The first-order chi connectivity index (χ1) is 6.66. The zero-order valence-electron chi connectivity index (χ0n) is 7.78. The van der Waals surface area contributed by atoms with E-state index in [2.05, 4.69) is 0 Å². The maximum absolute atomic E-state index is 12.8. The second kappa shape index (κ2) is 3.46. The fraction of sp³-hybridized carbons (Fsp3) is 0.400. The summed E-state index contributed by atoms with van der Waals surface area (Å²) in [5.41, 5.74) is 6.92. The predicted molar refractivity (Wildman–Crippen MR) is 53.6 cm³/mol. The lowest BCUT2D eigenvalue weighted by Crippen LogP contribution is -2.22. The number of β-amino-alcohol motifs (C(OH)–C–C–N with tert-alkyl or cyclic N) is 1. The maximum Gasteiger partial charge on any atom is 0.125 e. The lowest BCUT2D eigenvalue weighted by molar-refractivity contribution is 0.198. The van der Waals surface area contributed by atoms with E-state index in [0.717, 1.165) is 18.7 Å². The van der Waals surface area contributed by atoms with Gasteiger partial charge in [0.05, 0.1) is 17.5 Å². The highest BCUT2D eigenvalue weighted by Gasteiger charge is 2.21. The van der Waals surface area contributed by atoms with E-state index < -0.39 is 0 Å². The lowest BCUT2D eigenvalue weighted by atomic mass is 10.2. The van der Waals surface area contributed by atoms with Crippen molar-refractivity contribution >= 4 is 11.4 Å². The molecule has 4 heteroatoms. The summed E-state index contributed by atoms with van der Waals surface area (Å²) in [5.74, 6) is -0.328. The summed E-state index contributed by atoms with van der Waals surface area (Å²) in [7, 11) is 0. The second-order valence-corrected chi connectivity index (χ2v) is 3.59. The Kier molecular flexibility index (Phi) is 2.29. The average Bonchev–Trinajstić information content (AvgIpc) is 2.51. The summed E-state index contributed by atoms with van der Waals surface area (Å²) in [5, 5.41) is 9.35. The van der Waals surface area contributed by atoms with Gasteiger partial charge in [-0.2, -0.15) is 0 Å². The Labute approximate surface area is 81.9 Å². The molecule has 0 aliphatic carbocycles. The Morgan fingerprint density at radius 1 is 1.50 bits per heavy atom. The molecule has 1 fully saturated rings. The van der Waals surface area contributed by atoms with Gasteiger partial charge in [-0.3, -0.25) is 0 Å². The zero-order valence-corrected chi connectivity index (χ0v) is 7.78. The van der Waals surface area contributed by atoms with Crippen LogP contribution in [0.4, 0.5) is 15.8 Å². The minimum Gasteiger partial charge on any atom is -0.397 e. The van der Waals surface area contributed by atoms with E-state index in [4.69, 9.17) is 5.73 Å². The molecule has 2 rings (SSSR count). The third kappa shape index (κ3) is 1.65. The number of aliphatic hydroxyl groups excluding tert-OH is 1. The smallest absolute Gasteiger partial charge is 0.125 e. The van der Waals surface area contributed by atoms with Crippen LogP contribution in [-0.4, -0.2) is 24.3 Å². The number of aliphatic hydroxyl groups is 1. The fourth-order valence-electron chi connectivity index (χ4n) is 1.77. The van der Waals surface area contributed by atoms with E-state index in [1.807, 2.05) is 4.90 Å². The van der Waals surface area contributed by atoms with Crippen molar-refractivity contribution in [2.75, 3.05) is 23.7 Å². The van der Waals surface area contributed by atoms with Gasteiger partial charge in [0.15, 0.2) is 0 Å². The minimum atomic E-state index is -0.328. The van der Waals surface area contributed by atoms with Crippen LogP contribution in [0.5, 0.6) is 0 Å². The van der Waals surface area contributed by atoms with E-state index in [1.165, 1.54) is 12.1 Å². The normalized spacial score (nSPS) is 21.6. The third-order valence-corrected chi connectivity index (χ3v) is 2.49. The number of rotatable bonds is 1. The van der Waals surface area contributed by atoms with Gasteiger partial charge in [-0.05, 0) is 24.6 Å². The predicted octanol–water partition coefficient (Wildman–Crippen LogP) is 0.979. The second-order valence-electron chi connectivity index (χ2n) is 3.59. The van der Waals surface area contributed by atoms with Crippen LogP contribution in [0.25, 0.3) is 0 Å². The topological polar surface area (TPSA) is 49.5 Å². The first-order valence-electron chi connectivity index (χ1n) is 4.65. The average molecular weight is 196 g/mol. The van der Waals surface area contributed by atoms with Gasteiger partial charge in [0.2, 0.25) is 0 Å². The Morgan fingerprint density at radius 3 is 2.86 bits per heavy atom. The largest absolute Gasteiger partial charge is 0.397 e. The van der Waals surface area contributed by atoms with Crippen LogP contribution in [0, 0.1) is 5.82 Å². The lowest BCUT2D eigenvalue weighted by Gasteiger charge is -2.19. The number of nitrogens with two attached hydrogens (primary N) is 1. The van der Waals surface area contributed by atoms with Gasteiger partial charge in [-0.1, -0.05) is 0 Å². The standard InChI is InChI=1S/C10H13FN2O/c11-7-1-2-10(9(12)5-7)13-4-3-8(14)6-13/h1-2,5,8,14H,3-4,6,12H2. The van der Waals surface area contributed by atoms with Crippen LogP contribution in [-0.2, 0) is 0 Å². The van der Waals surface area contributed by atoms with Crippen molar-refractivity contribution in [3.63, 3.8) is 0 Å². The number of anilines is 2. The van der Waals surface area contributed by atoms with E-state index in [9.17, 15) is 9.50 Å². The molecule has 1 aliphatic heterocycles. The van der Waals surface area contributed by atoms with Crippen molar-refractivity contribution in [2.45, 2.75) is 12.5 Å². The maximum atomic E-state index is 12.8. The first-order valence-corrected chi connectivity index (χ1v) is 4.65. The van der Waals surface area contributed by atoms with Crippen molar-refractivity contribution in [3.05, 3.63) is 24.0 Å². The molecular formula is C10H13FN2O. The third-order valence-electron chi connectivity index (χ3n) is 2.49. The van der Waals surface area contributed by atoms with E-state index >= 15 is 0 Å². The molecule has 76 valence electrons. The molecule has 1 aromatic rings. The molecule has 14 heavy (non-hydrogen) atoms. The zero-order chi connectivity index (χ0) is 10.1. The van der Waals surface area contributed by atoms with Crippen molar-refractivity contribution in [1.29, 1.82) is 0 Å². The molecule has 0 amide bonds. The van der Waals surface area contributed by atoms with Crippen molar-refractivity contribution < 1.29 is 9.50 Å². The highest BCUT2D eigenvalue weighted by Crippen LogP contribution is 2.27. The van der Waals surface area contributed by atoms with E-state index in [-0.39, 0.29) is 11.9 Å². The van der Waals surface area contributed by atoms with Crippen molar-refractivity contribution in [2.24, 2.45) is 0 Å². The Morgan fingerprint density at radius 2 is 2.29 bits per heavy atom. The first kappa shape index (κ1) is 9.27. The van der Waals surface area contributed by atoms with Crippen LogP contribution in [0.1, 0.15) is 6.42 Å². The summed E-state index contributed by atoms with van der Waals surface area (Å²) >= 11 is 0. The molecule has 0 radical (unpaired) electrons. The number of hydrogen-bond acceptors (Lipinski definition) is 3. The molecule has 0 bridgehead atoms. The molecule has 1 atom stereocenters. The Hall–Kier alpha value is -1.29. The minimum absolute atomic E-state index is 0.292. The van der Waals surface area contributed by atoms with Gasteiger partial charge in [-0.25, -0.2) is 4.39 Å². The molecule has 1 saturated heterocycles. The molecule has 3 N–H and O–H groups in total. The number of halogens is 1.